The van der Waals surface area contributed by atoms with E-state index in [-0.39, 0.29) is 18.2 Å². The minimum absolute atomic E-state index is 0.00477. The second-order valence-corrected chi connectivity index (χ2v) is 5.82. The first-order chi connectivity index (χ1) is 11.0. The van der Waals surface area contributed by atoms with E-state index in [1.807, 2.05) is 19.1 Å². The molecule has 2 aromatic rings. The number of amides is 1. The number of nitrogens with one attached hydrogen (secondary N) is 1. The maximum Gasteiger partial charge on any atom is 0.329 e. The van der Waals surface area contributed by atoms with Gasteiger partial charge in [0.25, 0.3) is 0 Å². The Bertz CT molecular complexity index is 816. The van der Waals surface area contributed by atoms with E-state index in [0.29, 0.717) is 12.1 Å². The van der Waals surface area contributed by atoms with Gasteiger partial charge in [-0.1, -0.05) is 12.1 Å². The minimum atomic E-state index is -1.02. The fraction of sp³-hybridized carbons (Fsp3) is 0.438. The monoisotopic (exact) mass is 317 g/mol. The van der Waals surface area contributed by atoms with Crippen molar-refractivity contribution in [1.82, 2.24) is 14.5 Å². The van der Waals surface area contributed by atoms with Crippen LogP contribution in [0.3, 0.4) is 0 Å². The van der Waals surface area contributed by atoms with E-state index >= 15 is 0 Å². The molecule has 1 amide bonds. The van der Waals surface area contributed by atoms with Crippen molar-refractivity contribution in [2.24, 2.45) is 5.92 Å². The van der Waals surface area contributed by atoms with Crippen LogP contribution in [-0.2, 0) is 22.7 Å². The van der Waals surface area contributed by atoms with Gasteiger partial charge in [0.15, 0.2) is 0 Å². The van der Waals surface area contributed by atoms with E-state index in [9.17, 15) is 19.5 Å². The zero-order valence-corrected chi connectivity index (χ0v) is 12.9. The zero-order valence-electron chi connectivity index (χ0n) is 12.9. The Hall–Kier alpha value is -2.57. The highest BCUT2D eigenvalue weighted by Crippen LogP contribution is 2.32. The highest BCUT2D eigenvalue weighted by atomic mass is 16.4. The van der Waals surface area contributed by atoms with Crippen molar-refractivity contribution in [3.63, 3.8) is 0 Å². The molecule has 1 saturated carbocycles. The van der Waals surface area contributed by atoms with Crippen LogP contribution in [0.15, 0.2) is 29.1 Å². The molecule has 1 heterocycles. The molecule has 0 radical (unpaired) electrons. The molecule has 0 aliphatic heterocycles. The number of carbonyl (C=O) groups excluding carboxylic acids is 1. The van der Waals surface area contributed by atoms with Crippen molar-refractivity contribution in [2.75, 3.05) is 0 Å². The van der Waals surface area contributed by atoms with E-state index in [1.54, 1.807) is 16.7 Å². The number of aromatic nitrogens is 2. The van der Waals surface area contributed by atoms with Gasteiger partial charge in [0.05, 0.1) is 11.0 Å². The van der Waals surface area contributed by atoms with Gasteiger partial charge in [0, 0.05) is 6.54 Å². The fourth-order valence-corrected chi connectivity index (χ4v) is 2.90. The van der Waals surface area contributed by atoms with Gasteiger partial charge in [0.2, 0.25) is 5.91 Å². The van der Waals surface area contributed by atoms with Crippen LogP contribution < -0.4 is 11.0 Å². The molecule has 1 aliphatic rings. The molecule has 1 unspecified atom stereocenters. The molecule has 1 fully saturated rings. The van der Waals surface area contributed by atoms with Gasteiger partial charge in [-0.3, -0.25) is 13.9 Å². The molecule has 7 nitrogen and oxygen atoms in total. The van der Waals surface area contributed by atoms with Gasteiger partial charge < -0.3 is 10.4 Å². The highest BCUT2D eigenvalue weighted by Gasteiger charge is 2.37. The van der Waals surface area contributed by atoms with Crippen molar-refractivity contribution in [1.29, 1.82) is 0 Å². The molecular weight excluding hydrogens is 298 g/mol. The summed E-state index contributed by atoms with van der Waals surface area (Å²) in [4.78, 5) is 35.9. The quantitative estimate of drug-likeness (QED) is 0.824. The molecule has 1 aromatic heterocycles. The van der Waals surface area contributed by atoms with Gasteiger partial charge >= 0.3 is 11.7 Å². The van der Waals surface area contributed by atoms with Crippen molar-refractivity contribution in [2.45, 2.75) is 38.9 Å². The number of aliphatic carboxylic acids is 1. The molecule has 1 aliphatic carbocycles. The topological polar surface area (TPSA) is 93.3 Å². The Morgan fingerprint density at radius 2 is 1.87 bits per heavy atom. The smallest absolute Gasteiger partial charge is 0.329 e. The summed E-state index contributed by atoms with van der Waals surface area (Å²) in [6, 6.07) is 6.40. The van der Waals surface area contributed by atoms with Crippen LogP contribution in [0.25, 0.3) is 11.0 Å². The third kappa shape index (κ3) is 2.86. The van der Waals surface area contributed by atoms with Crippen LogP contribution in [0.5, 0.6) is 0 Å². The number of hydrogen-bond donors (Lipinski definition) is 2. The Morgan fingerprint density at radius 1 is 1.26 bits per heavy atom. The third-order valence-electron chi connectivity index (χ3n) is 4.22. The number of hydrogen-bond acceptors (Lipinski definition) is 3. The number of carbonyl (C=O) groups is 2. The van der Waals surface area contributed by atoms with Gasteiger partial charge in [-0.05, 0) is 37.8 Å². The van der Waals surface area contributed by atoms with E-state index in [2.05, 4.69) is 5.32 Å². The van der Waals surface area contributed by atoms with Gasteiger partial charge in [-0.25, -0.2) is 9.59 Å². The first-order valence-corrected chi connectivity index (χ1v) is 7.73. The molecule has 23 heavy (non-hydrogen) atoms. The van der Waals surface area contributed by atoms with Gasteiger partial charge in [-0.2, -0.15) is 0 Å². The standard InChI is InChI=1S/C16H19N3O4/c1-2-18-11-5-3-4-6-12(11)19(16(18)23)9-13(20)17-14(15(21)22)10-7-8-10/h3-6,10,14H,2,7-9H2,1H3,(H,17,20)(H,21,22). The normalized spacial score (nSPS) is 15.5. The molecule has 2 N–H and O–H groups in total. The summed E-state index contributed by atoms with van der Waals surface area (Å²) in [5.41, 5.74) is 1.18. The first kappa shape index (κ1) is 15.3. The highest BCUT2D eigenvalue weighted by molar-refractivity contribution is 5.85. The number of carboxylic acids is 1. The average molecular weight is 317 g/mol. The molecule has 122 valence electrons. The molecule has 3 rings (SSSR count). The number of carboxylic acid groups (broad SMARTS) is 1. The molecule has 0 bridgehead atoms. The van der Waals surface area contributed by atoms with Gasteiger partial charge in [0.1, 0.15) is 12.6 Å². The number of fused-ring (bicyclic) bond motifs is 1. The van der Waals surface area contributed by atoms with Crippen LogP contribution in [-0.4, -0.2) is 32.2 Å². The Kier molecular flexibility index (Phi) is 3.94. The molecule has 1 aromatic carbocycles. The number of rotatable bonds is 6. The van der Waals surface area contributed by atoms with Crippen molar-refractivity contribution >= 4 is 22.9 Å². The number of nitrogens with zero attached hydrogens (tertiary/aromatic N) is 2. The van der Waals surface area contributed by atoms with Gasteiger partial charge in [-0.15, -0.1) is 0 Å². The number of benzene rings is 1. The first-order valence-electron chi connectivity index (χ1n) is 7.73. The summed E-state index contributed by atoms with van der Waals surface area (Å²) >= 11 is 0. The lowest BCUT2D eigenvalue weighted by Gasteiger charge is -2.13. The minimum Gasteiger partial charge on any atom is -0.480 e. The van der Waals surface area contributed by atoms with Crippen LogP contribution >= 0.6 is 0 Å². The average Bonchev–Trinajstić information content (AvgIpc) is 3.32. The fourth-order valence-electron chi connectivity index (χ4n) is 2.90. The number of para-hydroxylation sites is 2. The summed E-state index contributed by atoms with van der Waals surface area (Å²) in [7, 11) is 0. The molecular formula is C16H19N3O4. The lowest BCUT2D eigenvalue weighted by atomic mass is 10.2. The van der Waals surface area contributed by atoms with E-state index in [4.69, 9.17) is 0 Å². The Morgan fingerprint density at radius 3 is 2.39 bits per heavy atom. The SMILES string of the molecule is CCn1c(=O)n(CC(=O)NC(C(=O)O)C2CC2)c2ccccc21. The summed E-state index contributed by atoms with van der Waals surface area (Å²) in [6.45, 7) is 2.20. The Labute approximate surface area is 132 Å². The second-order valence-electron chi connectivity index (χ2n) is 5.82. The van der Waals surface area contributed by atoms with Crippen molar-refractivity contribution in [3.8, 4) is 0 Å². The summed E-state index contributed by atoms with van der Waals surface area (Å²) in [5, 5.41) is 11.7. The lowest BCUT2D eigenvalue weighted by Crippen LogP contribution is -2.44. The third-order valence-corrected chi connectivity index (χ3v) is 4.22. The van der Waals surface area contributed by atoms with Crippen LogP contribution in [0.4, 0.5) is 0 Å². The Balaban J connectivity index is 1.86. The molecule has 0 saturated heterocycles. The number of imidazole rings is 1. The molecule has 0 spiro atoms. The summed E-state index contributed by atoms with van der Waals surface area (Å²) in [5.74, 6) is -1.47. The van der Waals surface area contributed by atoms with Crippen LogP contribution in [0.1, 0.15) is 19.8 Å². The van der Waals surface area contributed by atoms with E-state index < -0.39 is 17.9 Å². The summed E-state index contributed by atoms with van der Waals surface area (Å²) < 4.78 is 2.98. The lowest BCUT2D eigenvalue weighted by molar-refractivity contribution is -0.142. The van der Waals surface area contributed by atoms with Crippen molar-refractivity contribution < 1.29 is 14.7 Å². The molecule has 1 atom stereocenters. The largest absolute Gasteiger partial charge is 0.480 e. The number of aryl methyl sites for hydroxylation is 1. The van der Waals surface area contributed by atoms with Crippen molar-refractivity contribution in [3.05, 3.63) is 34.7 Å². The maximum atomic E-state index is 12.5. The van der Waals surface area contributed by atoms with Crippen LogP contribution in [0, 0.1) is 5.92 Å². The molecule has 7 heteroatoms. The summed E-state index contributed by atoms with van der Waals surface area (Å²) in [6.07, 6.45) is 1.62. The van der Waals surface area contributed by atoms with E-state index in [0.717, 1.165) is 18.4 Å². The maximum absolute atomic E-state index is 12.5. The van der Waals surface area contributed by atoms with E-state index in [1.165, 1.54) is 4.57 Å². The second kappa shape index (κ2) is 5.91. The van der Waals surface area contributed by atoms with Crippen LogP contribution in [0.2, 0.25) is 0 Å². The predicted octanol–water partition coefficient (Wildman–Crippen LogP) is 0.802. The predicted molar refractivity (Wildman–Crippen MR) is 84.2 cm³/mol. The zero-order chi connectivity index (χ0) is 16.6.